The summed E-state index contributed by atoms with van der Waals surface area (Å²) in [6, 6.07) is 7.15. The number of nitrogens with one attached hydrogen (secondary N) is 1. The van der Waals surface area contributed by atoms with E-state index in [9.17, 15) is 4.79 Å². The van der Waals surface area contributed by atoms with Crippen LogP contribution in [0.5, 0.6) is 5.75 Å². The smallest absolute Gasteiger partial charge is 0.255 e. The van der Waals surface area contributed by atoms with Gasteiger partial charge in [0.1, 0.15) is 5.75 Å². The average Bonchev–Trinajstić information content (AvgIpc) is 2.76. The number of ether oxygens (including phenoxy) is 1. The first-order valence-corrected chi connectivity index (χ1v) is 6.02. The van der Waals surface area contributed by atoms with E-state index in [0.29, 0.717) is 17.9 Å². The molecule has 0 atom stereocenters. The van der Waals surface area contributed by atoms with Crippen LogP contribution in [0.15, 0.2) is 30.5 Å². The number of hydrogen-bond donors (Lipinski definition) is 1. The van der Waals surface area contributed by atoms with Crippen molar-refractivity contribution in [3.63, 3.8) is 0 Å². The molecule has 1 amide bonds. The Bertz CT molecular complexity index is 590. The van der Waals surface area contributed by atoms with Gasteiger partial charge in [-0.1, -0.05) is 12.1 Å². The van der Waals surface area contributed by atoms with Gasteiger partial charge in [0, 0.05) is 24.8 Å². The van der Waals surface area contributed by atoms with Gasteiger partial charge < -0.3 is 10.1 Å². The van der Waals surface area contributed by atoms with Gasteiger partial charge in [-0.2, -0.15) is 5.10 Å². The molecule has 1 N–H and O–H groups in total. The number of benzene rings is 1. The van der Waals surface area contributed by atoms with Gasteiger partial charge in [-0.15, -0.1) is 0 Å². The predicted octanol–water partition coefficient (Wildman–Crippen LogP) is 1.67. The lowest BCUT2D eigenvalue weighted by atomic mass is 10.2. The molecule has 0 saturated carbocycles. The van der Waals surface area contributed by atoms with Crippen LogP contribution in [0.25, 0.3) is 0 Å². The van der Waals surface area contributed by atoms with Crippen molar-refractivity contribution in [1.29, 1.82) is 0 Å². The number of hydrogen-bond acceptors (Lipinski definition) is 3. The van der Waals surface area contributed by atoms with Crippen molar-refractivity contribution in [2.75, 3.05) is 7.11 Å². The van der Waals surface area contributed by atoms with Crippen LogP contribution in [0.4, 0.5) is 0 Å². The molecular weight excluding hydrogens is 242 g/mol. The third-order valence-electron chi connectivity index (χ3n) is 3.13. The Balaban J connectivity index is 2.07. The van der Waals surface area contributed by atoms with Crippen LogP contribution >= 0.6 is 0 Å². The van der Waals surface area contributed by atoms with Crippen LogP contribution in [0.2, 0.25) is 0 Å². The fraction of sp³-hybridized carbons (Fsp3) is 0.286. The molecule has 5 nitrogen and oxygen atoms in total. The fourth-order valence-corrected chi connectivity index (χ4v) is 1.82. The number of carbonyl (C=O) groups is 1. The number of aromatic nitrogens is 2. The minimum Gasteiger partial charge on any atom is -0.496 e. The van der Waals surface area contributed by atoms with Crippen LogP contribution in [0, 0.1) is 6.92 Å². The van der Waals surface area contributed by atoms with E-state index < -0.39 is 0 Å². The average molecular weight is 259 g/mol. The van der Waals surface area contributed by atoms with E-state index in [-0.39, 0.29) is 5.91 Å². The Labute approximate surface area is 112 Å². The zero-order valence-corrected chi connectivity index (χ0v) is 11.3. The maximum Gasteiger partial charge on any atom is 0.255 e. The van der Waals surface area contributed by atoms with Crippen molar-refractivity contribution in [1.82, 2.24) is 15.1 Å². The molecule has 0 radical (unpaired) electrons. The van der Waals surface area contributed by atoms with Crippen molar-refractivity contribution in [2.45, 2.75) is 13.5 Å². The number of aryl methyl sites for hydroxylation is 1. The Morgan fingerprint density at radius 2 is 2.16 bits per heavy atom. The lowest BCUT2D eigenvalue weighted by Gasteiger charge is -2.08. The molecule has 0 bridgehead atoms. The highest BCUT2D eigenvalue weighted by atomic mass is 16.5. The normalized spacial score (nSPS) is 10.3. The summed E-state index contributed by atoms with van der Waals surface area (Å²) in [5.41, 5.74) is 2.58. The minimum atomic E-state index is -0.152. The standard InChI is InChI=1S/C14H17N3O2/c1-10-11(9-16-17(10)2)8-15-14(18)12-6-4-5-7-13(12)19-3/h4-7,9H,8H2,1-3H3,(H,15,18). The molecule has 0 saturated heterocycles. The monoisotopic (exact) mass is 259 g/mol. The molecule has 100 valence electrons. The molecule has 1 aromatic carbocycles. The molecule has 1 aromatic heterocycles. The largest absolute Gasteiger partial charge is 0.496 e. The predicted molar refractivity (Wildman–Crippen MR) is 72.1 cm³/mol. The van der Waals surface area contributed by atoms with Gasteiger partial charge in [0.25, 0.3) is 5.91 Å². The minimum absolute atomic E-state index is 0.152. The Morgan fingerprint density at radius 1 is 1.42 bits per heavy atom. The topological polar surface area (TPSA) is 56.1 Å². The summed E-state index contributed by atoms with van der Waals surface area (Å²) in [6.07, 6.45) is 1.76. The van der Waals surface area contributed by atoms with E-state index in [2.05, 4.69) is 10.4 Å². The summed E-state index contributed by atoms with van der Waals surface area (Å²) < 4.78 is 6.95. The van der Waals surface area contributed by atoms with E-state index in [1.807, 2.05) is 26.1 Å². The molecule has 0 unspecified atom stereocenters. The maximum absolute atomic E-state index is 12.1. The first kappa shape index (κ1) is 13.1. The second-order valence-electron chi connectivity index (χ2n) is 4.26. The van der Waals surface area contributed by atoms with Crippen molar-refractivity contribution in [3.8, 4) is 5.75 Å². The number of rotatable bonds is 4. The maximum atomic E-state index is 12.1. The SMILES string of the molecule is COc1ccccc1C(=O)NCc1cnn(C)c1C. The van der Waals surface area contributed by atoms with Gasteiger partial charge >= 0.3 is 0 Å². The van der Waals surface area contributed by atoms with Crippen molar-refractivity contribution >= 4 is 5.91 Å². The number of nitrogens with zero attached hydrogens (tertiary/aromatic N) is 2. The summed E-state index contributed by atoms with van der Waals surface area (Å²) in [7, 11) is 3.43. The first-order chi connectivity index (χ1) is 9.13. The zero-order chi connectivity index (χ0) is 13.8. The van der Waals surface area contributed by atoms with E-state index in [1.165, 1.54) is 0 Å². The highest BCUT2D eigenvalue weighted by Gasteiger charge is 2.12. The van der Waals surface area contributed by atoms with Crippen LogP contribution in [0.1, 0.15) is 21.6 Å². The second-order valence-corrected chi connectivity index (χ2v) is 4.26. The summed E-state index contributed by atoms with van der Waals surface area (Å²) in [6.45, 7) is 2.42. The van der Waals surface area contributed by atoms with Crippen molar-refractivity contribution < 1.29 is 9.53 Å². The summed E-state index contributed by atoms with van der Waals surface area (Å²) >= 11 is 0. The van der Waals surface area contributed by atoms with Gasteiger partial charge in [-0.3, -0.25) is 9.48 Å². The molecular formula is C14H17N3O2. The van der Waals surface area contributed by atoms with Gasteiger partial charge in [-0.05, 0) is 19.1 Å². The van der Waals surface area contributed by atoms with Crippen LogP contribution in [0.3, 0.4) is 0 Å². The summed E-state index contributed by atoms with van der Waals surface area (Å²) in [4.78, 5) is 12.1. The van der Waals surface area contributed by atoms with Crippen LogP contribution in [-0.2, 0) is 13.6 Å². The third kappa shape index (κ3) is 2.76. The summed E-state index contributed by atoms with van der Waals surface area (Å²) in [5.74, 6) is 0.420. The third-order valence-corrected chi connectivity index (χ3v) is 3.13. The van der Waals surface area contributed by atoms with Gasteiger partial charge in [0.05, 0.1) is 18.9 Å². The van der Waals surface area contributed by atoms with Crippen molar-refractivity contribution in [2.24, 2.45) is 7.05 Å². The number of amides is 1. The molecule has 2 rings (SSSR count). The lowest BCUT2D eigenvalue weighted by Crippen LogP contribution is -2.23. The van der Waals surface area contributed by atoms with Crippen molar-refractivity contribution in [3.05, 3.63) is 47.3 Å². The first-order valence-electron chi connectivity index (χ1n) is 6.02. The van der Waals surface area contributed by atoms with E-state index in [1.54, 1.807) is 30.1 Å². The second kappa shape index (κ2) is 5.56. The molecule has 0 aliphatic heterocycles. The van der Waals surface area contributed by atoms with Crippen LogP contribution < -0.4 is 10.1 Å². The lowest BCUT2D eigenvalue weighted by molar-refractivity contribution is 0.0948. The van der Waals surface area contributed by atoms with Gasteiger partial charge in [0.15, 0.2) is 0 Å². The Kier molecular flexibility index (Phi) is 3.85. The van der Waals surface area contributed by atoms with Gasteiger partial charge in [-0.25, -0.2) is 0 Å². The molecule has 0 aliphatic rings. The summed E-state index contributed by atoms with van der Waals surface area (Å²) in [5, 5.41) is 7.01. The zero-order valence-electron chi connectivity index (χ0n) is 11.3. The Morgan fingerprint density at radius 3 is 2.79 bits per heavy atom. The molecule has 0 aliphatic carbocycles. The molecule has 1 heterocycles. The molecule has 19 heavy (non-hydrogen) atoms. The number of para-hydroxylation sites is 1. The quantitative estimate of drug-likeness (QED) is 0.908. The molecule has 0 fully saturated rings. The van der Waals surface area contributed by atoms with Gasteiger partial charge in [0.2, 0.25) is 0 Å². The number of carbonyl (C=O) groups excluding carboxylic acids is 1. The fourth-order valence-electron chi connectivity index (χ4n) is 1.82. The highest BCUT2D eigenvalue weighted by Crippen LogP contribution is 2.17. The van der Waals surface area contributed by atoms with E-state index in [0.717, 1.165) is 11.3 Å². The molecule has 2 aromatic rings. The van der Waals surface area contributed by atoms with E-state index in [4.69, 9.17) is 4.74 Å². The Hall–Kier alpha value is -2.30. The van der Waals surface area contributed by atoms with Crippen LogP contribution in [-0.4, -0.2) is 22.8 Å². The molecule has 5 heteroatoms. The number of methoxy groups -OCH3 is 1. The molecule has 0 spiro atoms. The van der Waals surface area contributed by atoms with E-state index >= 15 is 0 Å². The highest BCUT2D eigenvalue weighted by molar-refractivity contribution is 5.96.